The Bertz CT molecular complexity index is 728. The topological polar surface area (TPSA) is 90.4 Å². The summed E-state index contributed by atoms with van der Waals surface area (Å²) in [5.41, 5.74) is 6.95. The lowest BCUT2D eigenvalue weighted by Gasteiger charge is -2.21. The number of hydrogen-bond acceptors (Lipinski definition) is 4. The number of methoxy groups -OCH3 is 1. The van der Waals surface area contributed by atoms with Crippen LogP contribution in [-0.4, -0.2) is 52.3 Å². The van der Waals surface area contributed by atoms with Gasteiger partial charge in [-0.05, 0) is 5.56 Å². The van der Waals surface area contributed by atoms with Crippen LogP contribution >= 0.6 is 0 Å². The van der Waals surface area contributed by atoms with Crippen LogP contribution in [0.2, 0.25) is 0 Å². The molecule has 0 bridgehead atoms. The molecular weight excluding hydrogens is 308 g/mol. The van der Waals surface area contributed by atoms with Crippen molar-refractivity contribution in [2.75, 3.05) is 13.7 Å². The zero-order chi connectivity index (χ0) is 17.1. The molecule has 2 amide bonds. The van der Waals surface area contributed by atoms with Crippen molar-refractivity contribution in [1.29, 1.82) is 0 Å². The van der Waals surface area contributed by atoms with Gasteiger partial charge in [0.1, 0.15) is 6.04 Å². The molecule has 0 aliphatic carbocycles. The van der Waals surface area contributed by atoms with E-state index in [9.17, 15) is 9.59 Å². The minimum Gasteiger partial charge on any atom is -0.380 e. The summed E-state index contributed by atoms with van der Waals surface area (Å²) in [6.07, 6.45) is 3.46. The number of likely N-dealkylation sites (tertiary alicyclic amines) is 1. The number of nitrogens with zero attached hydrogens (tertiary/aromatic N) is 3. The van der Waals surface area contributed by atoms with Crippen molar-refractivity contribution in [1.82, 2.24) is 14.7 Å². The van der Waals surface area contributed by atoms with Gasteiger partial charge in [0.15, 0.2) is 0 Å². The predicted octanol–water partition coefficient (Wildman–Crippen LogP) is 0.646. The van der Waals surface area contributed by atoms with Gasteiger partial charge in [0.2, 0.25) is 5.91 Å². The van der Waals surface area contributed by atoms with E-state index in [0.29, 0.717) is 25.1 Å². The molecule has 1 aromatic heterocycles. The molecule has 1 aliphatic heterocycles. The summed E-state index contributed by atoms with van der Waals surface area (Å²) in [4.78, 5) is 25.8. The van der Waals surface area contributed by atoms with Crippen LogP contribution in [0.1, 0.15) is 22.3 Å². The predicted molar refractivity (Wildman–Crippen MR) is 87.2 cm³/mol. The molecule has 0 unspecified atom stereocenters. The highest BCUT2D eigenvalue weighted by atomic mass is 16.5. The zero-order valence-electron chi connectivity index (χ0n) is 13.5. The van der Waals surface area contributed by atoms with Crippen LogP contribution in [0.25, 0.3) is 0 Å². The molecule has 1 saturated heterocycles. The van der Waals surface area contributed by atoms with Crippen molar-refractivity contribution in [3.05, 3.63) is 53.9 Å². The second-order valence-electron chi connectivity index (χ2n) is 5.88. The smallest absolute Gasteiger partial charge is 0.257 e. The number of carbonyl (C=O) groups is 2. The second kappa shape index (κ2) is 6.84. The fourth-order valence-electron chi connectivity index (χ4n) is 2.96. The van der Waals surface area contributed by atoms with E-state index in [4.69, 9.17) is 10.5 Å². The Morgan fingerprint density at radius 1 is 1.33 bits per heavy atom. The number of carbonyl (C=O) groups excluding carboxylic acids is 2. The van der Waals surface area contributed by atoms with E-state index < -0.39 is 11.9 Å². The highest BCUT2D eigenvalue weighted by molar-refractivity contribution is 5.97. The minimum absolute atomic E-state index is 0.175. The van der Waals surface area contributed by atoms with Gasteiger partial charge >= 0.3 is 0 Å². The monoisotopic (exact) mass is 328 g/mol. The van der Waals surface area contributed by atoms with E-state index in [1.165, 1.54) is 11.1 Å². The van der Waals surface area contributed by atoms with Gasteiger partial charge in [-0.15, -0.1) is 0 Å². The zero-order valence-corrected chi connectivity index (χ0v) is 13.5. The first-order valence-corrected chi connectivity index (χ1v) is 7.78. The first kappa shape index (κ1) is 16.2. The van der Waals surface area contributed by atoms with Gasteiger partial charge in [-0.1, -0.05) is 30.3 Å². The average Bonchev–Trinajstić information content (AvgIpc) is 3.22. The normalized spacial score (nSPS) is 20.3. The number of amides is 2. The molecule has 2 atom stereocenters. The highest BCUT2D eigenvalue weighted by Crippen LogP contribution is 2.22. The van der Waals surface area contributed by atoms with Gasteiger partial charge in [0.25, 0.3) is 5.91 Å². The summed E-state index contributed by atoms with van der Waals surface area (Å²) >= 11 is 0. The van der Waals surface area contributed by atoms with Gasteiger partial charge in [-0.2, -0.15) is 5.10 Å². The fraction of sp³-hybridized carbons (Fsp3) is 0.353. The number of benzene rings is 1. The summed E-state index contributed by atoms with van der Waals surface area (Å²) in [7, 11) is 1.56. The van der Waals surface area contributed by atoms with E-state index in [1.807, 2.05) is 30.3 Å². The van der Waals surface area contributed by atoms with Crippen molar-refractivity contribution in [2.45, 2.75) is 25.1 Å². The molecule has 0 radical (unpaired) electrons. The quantitative estimate of drug-likeness (QED) is 0.872. The summed E-state index contributed by atoms with van der Waals surface area (Å²) in [5.74, 6) is -0.766. The van der Waals surface area contributed by atoms with Crippen molar-refractivity contribution in [3.8, 4) is 0 Å². The maximum absolute atomic E-state index is 12.7. The Morgan fingerprint density at radius 3 is 2.75 bits per heavy atom. The lowest BCUT2D eigenvalue weighted by molar-refractivity contribution is -0.121. The molecular formula is C17H20N4O3. The third-order valence-electron chi connectivity index (χ3n) is 4.25. The molecule has 24 heavy (non-hydrogen) atoms. The van der Waals surface area contributed by atoms with Crippen LogP contribution in [-0.2, 0) is 16.1 Å². The van der Waals surface area contributed by atoms with Crippen molar-refractivity contribution >= 4 is 11.8 Å². The number of rotatable bonds is 5. The lowest BCUT2D eigenvalue weighted by Crippen LogP contribution is -2.43. The van der Waals surface area contributed by atoms with Crippen molar-refractivity contribution in [3.63, 3.8) is 0 Å². The molecule has 2 aromatic rings. The third kappa shape index (κ3) is 3.30. The SMILES string of the molecule is CO[C@H]1C[C@@H](C(N)=O)N(C(=O)c2cnn(Cc3ccccc3)c2)C1. The summed E-state index contributed by atoms with van der Waals surface area (Å²) < 4.78 is 6.97. The minimum atomic E-state index is -0.639. The number of ether oxygens (including phenoxy) is 1. The Balaban J connectivity index is 1.74. The molecule has 1 aliphatic rings. The summed E-state index contributed by atoms with van der Waals surface area (Å²) in [5, 5.41) is 4.23. The van der Waals surface area contributed by atoms with Gasteiger partial charge in [-0.25, -0.2) is 0 Å². The molecule has 7 heteroatoms. The molecule has 2 heterocycles. The van der Waals surface area contributed by atoms with Crippen LogP contribution in [0.5, 0.6) is 0 Å². The van der Waals surface area contributed by atoms with E-state index in [2.05, 4.69) is 5.10 Å². The molecule has 1 aromatic carbocycles. The first-order chi connectivity index (χ1) is 11.6. The van der Waals surface area contributed by atoms with Crippen LogP contribution in [0.3, 0.4) is 0 Å². The van der Waals surface area contributed by atoms with Crippen LogP contribution in [0, 0.1) is 0 Å². The Labute approximate surface area is 140 Å². The van der Waals surface area contributed by atoms with E-state index in [1.54, 1.807) is 18.0 Å². The number of aromatic nitrogens is 2. The van der Waals surface area contributed by atoms with Gasteiger partial charge < -0.3 is 15.4 Å². The molecule has 1 fully saturated rings. The standard InChI is InChI=1S/C17H20N4O3/c1-24-14-7-15(16(18)22)21(11-14)17(23)13-8-19-20(10-13)9-12-5-3-2-4-6-12/h2-6,8,10,14-15H,7,9,11H2,1H3,(H2,18,22)/t14-,15-/m0/s1. The average molecular weight is 328 g/mol. The van der Waals surface area contributed by atoms with Crippen molar-refractivity contribution in [2.24, 2.45) is 5.73 Å². The molecule has 0 spiro atoms. The maximum Gasteiger partial charge on any atom is 0.257 e. The Kier molecular flexibility index (Phi) is 4.61. The number of primary amides is 1. The maximum atomic E-state index is 12.7. The summed E-state index contributed by atoms with van der Waals surface area (Å²) in [6.45, 7) is 0.931. The number of hydrogen-bond donors (Lipinski definition) is 1. The van der Waals surface area contributed by atoms with Gasteiger partial charge in [0, 0.05) is 26.3 Å². The van der Waals surface area contributed by atoms with E-state index >= 15 is 0 Å². The Morgan fingerprint density at radius 2 is 2.08 bits per heavy atom. The Hall–Kier alpha value is -2.67. The summed E-state index contributed by atoms with van der Waals surface area (Å²) in [6, 6.07) is 9.21. The molecule has 2 N–H and O–H groups in total. The van der Waals surface area contributed by atoms with Crippen LogP contribution in [0.15, 0.2) is 42.7 Å². The van der Waals surface area contributed by atoms with Gasteiger partial charge in [0.05, 0.1) is 24.4 Å². The van der Waals surface area contributed by atoms with E-state index in [-0.39, 0.29) is 12.0 Å². The fourth-order valence-corrected chi connectivity index (χ4v) is 2.96. The molecule has 3 rings (SSSR count). The molecule has 0 saturated carbocycles. The van der Waals surface area contributed by atoms with Crippen molar-refractivity contribution < 1.29 is 14.3 Å². The van der Waals surface area contributed by atoms with E-state index in [0.717, 1.165) is 5.56 Å². The third-order valence-corrected chi connectivity index (χ3v) is 4.25. The highest BCUT2D eigenvalue weighted by Gasteiger charge is 2.39. The largest absolute Gasteiger partial charge is 0.380 e. The van der Waals surface area contributed by atoms with Crippen LogP contribution in [0.4, 0.5) is 0 Å². The van der Waals surface area contributed by atoms with Gasteiger partial charge in [-0.3, -0.25) is 14.3 Å². The first-order valence-electron chi connectivity index (χ1n) is 7.78. The molecule has 126 valence electrons. The van der Waals surface area contributed by atoms with Crippen LogP contribution < -0.4 is 5.73 Å². The second-order valence-corrected chi connectivity index (χ2v) is 5.88. The molecule has 7 nitrogen and oxygen atoms in total. The lowest BCUT2D eigenvalue weighted by atomic mass is 10.2. The number of nitrogens with two attached hydrogens (primary N) is 1.